The van der Waals surface area contributed by atoms with Gasteiger partial charge in [0.2, 0.25) is 0 Å². The summed E-state index contributed by atoms with van der Waals surface area (Å²) in [5.74, 6) is -8.33. The van der Waals surface area contributed by atoms with Crippen molar-refractivity contribution >= 4 is 11.9 Å². The van der Waals surface area contributed by atoms with Crippen LogP contribution < -0.4 is 0 Å². The monoisotopic (exact) mass is 322 g/mol. The lowest BCUT2D eigenvalue weighted by Crippen LogP contribution is -2.09. The topological polar surface area (TPSA) is 52.6 Å². The summed E-state index contributed by atoms with van der Waals surface area (Å²) in [4.78, 5) is 22.4. The highest BCUT2D eigenvalue weighted by Crippen LogP contribution is 2.19. The van der Waals surface area contributed by atoms with Crippen molar-refractivity contribution in [2.45, 2.75) is 32.8 Å². The number of carbonyl (C=O) groups is 2. The Morgan fingerprint density at radius 1 is 0.955 bits per heavy atom. The summed E-state index contributed by atoms with van der Waals surface area (Å²) in [5, 5.41) is 0. The maximum Gasteiger partial charge on any atom is 0.306 e. The molecule has 0 saturated heterocycles. The third kappa shape index (κ3) is 5.01. The number of hydrogen-bond acceptors (Lipinski definition) is 4. The minimum absolute atomic E-state index is 0.0110. The van der Waals surface area contributed by atoms with E-state index < -0.39 is 47.4 Å². The van der Waals surface area contributed by atoms with Crippen LogP contribution in [0.25, 0.3) is 0 Å². The van der Waals surface area contributed by atoms with Gasteiger partial charge in [-0.3, -0.25) is 9.59 Å². The Bertz CT molecular complexity index is 560. The standard InChI is InChI=1S/C14H14F4O4/c1-2-21-10(19)4-3-5-11(20)22-7-8-6-9(15)13(17)14(18)12(8)16/h6H,2-5,7H2,1H3. The molecule has 0 atom stereocenters. The average Bonchev–Trinajstić information content (AvgIpc) is 2.47. The van der Waals surface area contributed by atoms with Crippen molar-refractivity contribution in [3.8, 4) is 0 Å². The third-order valence-electron chi connectivity index (χ3n) is 2.63. The lowest BCUT2D eigenvalue weighted by atomic mass is 10.2. The molecule has 4 nitrogen and oxygen atoms in total. The summed E-state index contributed by atoms with van der Waals surface area (Å²) in [6.45, 7) is 1.13. The van der Waals surface area contributed by atoms with E-state index in [0.29, 0.717) is 6.07 Å². The smallest absolute Gasteiger partial charge is 0.306 e. The van der Waals surface area contributed by atoms with Crippen molar-refractivity contribution in [1.82, 2.24) is 0 Å². The van der Waals surface area contributed by atoms with Gasteiger partial charge in [0.05, 0.1) is 6.61 Å². The van der Waals surface area contributed by atoms with E-state index in [2.05, 4.69) is 9.47 Å². The molecule has 22 heavy (non-hydrogen) atoms. The minimum atomic E-state index is -1.96. The second-order valence-electron chi connectivity index (χ2n) is 4.28. The van der Waals surface area contributed by atoms with Gasteiger partial charge in [-0.15, -0.1) is 0 Å². The first-order chi connectivity index (χ1) is 10.4. The van der Waals surface area contributed by atoms with Gasteiger partial charge in [0.1, 0.15) is 6.61 Å². The zero-order valence-electron chi connectivity index (χ0n) is 11.8. The molecule has 0 spiro atoms. The van der Waals surface area contributed by atoms with Crippen molar-refractivity contribution in [2.75, 3.05) is 6.61 Å². The first-order valence-electron chi connectivity index (χ1n) is 6.49. The Morgan fingerprint density at radius 2 is 1.55 bits per heavy atom. The first kappa shape index (κ1) is 17.9. The highest BCUT2D eigenvalue weighted by atomic mass is 19.2. The molecule has 1 aromatic rings. The molecule has 1 rings (SSSR count). The Hall–Kier alpha value is -2.12. The molecule has 0 aliphatic carbocycles. The number of hydrogen-bond donors (Lipinski definition) is 0. The van der Waals surface area contributed by atoms with Crippen LogP contribution in [-0.2, 0) is 25.7 Å². The molecule has 0 aromatic heterocycles. The van der Waals surface area contributed by atoms with E-state index in [4.69, 9.17) is 0 Å². The van der Waals surface area contributed by atoms with E-state index in [1.807, 2.05) is 0 Å². The van der Waals surface area contributed by atoms with Gasteiger partial charge in [0.15, 0.2) is 23.3 Å². The van der Waals surface area contributed by atoms with E-state index in [0.717, 1.165) is 0 Å². The fourth-order valence-electron chi connectivity index (χ4n) is 1.57. The fraction of sp³-hybridized carbons (Fsp3) is 0.429. The Balaban J connectivity index is 2.47. The largest absolute Gasteiger partial charge is 0.466 e. The zero-order valence-corrected chi connectivity index (χ0v) is 11.8. The number of esters is 2. The molecule has 0 amide bonds. The van der Waals surface area contributed by atoms with Gasteiger partial charge in [-0.25, -0.2) is 17.6 Å². The minimum Gasteiger partial charge on any atom is -0.466 e. The normalized spacial score (nSPS) is 10.4. The second kappa shape index (κ2) is 8.35. The number of carbonyl (C=O) groups excluding carboxylic acids is 2. The van der Waals surface area contributed by atoms with Gasteiger partial charge in [-0.05, 0) is 19.4 Å². The Kier molecular flexibility index (Phi) is 6.81. The maximum absolute atomic E-state index is 13.3. The molecule has 8 heteroatoms. The molecule has 0 unspecified atom stereocenters. The maximum atomic E-state index is 13.3. The van der Waals surface area contributed by atoms with Gasteiger partial charge in [0.25, 0.3) is 0 Å². The van der Waals surface area contributed by atoms with Crippen molar-refractivity contribution < 1.29 is 36.6 Å². The molecular formula is C14H14F4O4. The van der Waals surface area contributed by atoms with Crippen LogP contribution in [0, 0.1) is 23.3 Å². The Morgan fingerprint density at radius 3 is 2.14 bits per heavy atom. The lowest BCUT2D eigenvalue weighted by molar-refractivity contribution is -0.146. The van der Waals surface area contributed by atoms with Crippen LogP contribution in [0.4, 0.5) is 17.6 Å². The van der Waals surface area contributed by atoms with Crippen LogP contribution >= 0.6 is 0 Å². The summed E-state index contributed by atoms with van der Waals surface area (Å²) < 4.78 is 61.2. The van der Waals surface area contributed by atoms with Crippen LogP contribution in [-0.4, -0.2) is 18.5 Å². The van der Waals surface area contributed by atoms with Crippen molar-refractivity contribution in [1.29, 1.82) is 0 Å². The average molecular weight is 322 g/mol. The SMILES string of the molecule is CCOC(=O)CCCC(=O)OCc1cc(F)c(F)c(F)c1F. The van der Waals surface area contributed by atoms with Crippen molar-refractivity contribution in [2.24, 2.45) is 0 Å². The number of benzene rings is 1. The predicted molar refractivity (Wildman–Crippen MR) is 66.6 cm³/mol. The fourth-order valence-corrected chi connectivity index (χ4v) is 1.57. The van der Waals surface area contributed by atoms with Gasteiger partial charge in [-0.1, -0.05) is 0 Å². The molecule has 0 bridgehead atoms. The summed E-state index contributed by atoms with van der Waals surface area (Å²) >= 11 is 0. The summed E-state index contributed by atoms with van der Waals surface area (Å²) in [7, 11) is 0. The Labute approximate surface area is 124 Å². The van der Waals surface area contributed by atoms with Crippen molar-refractivity contribution in [3.63, 3.8) is 0 Å². The highest BCUT2D eigenvalue weighted by molar-refractivity contribution is 5.72. The highest BCUT2D eigenvalue weighted by Gasteiger charge is 2.19. The molecule has 122 valence electrons. The predicted octanol–water partition coefficient (Wildman–Crippen LogP) is 3.02. The van der Waals surface area contributed by atoms with Gasteiger partial charge in [-0.2, -0.15) is 0 Å². The lowest BCUT2D eigenvalue weighted by Gasteiger charge is -2.07. The third-order valence-corrected chi connectivity index (χ3v) is 2.63. The molecule has 0 aliphatic heterocycles. The molecule has 0 saturated carbocycles. The van der Waals surface area contributed by atoms with Crippen LogP contribution in [0.5, 0.6) is 0 Å². The molecule has 0 fully saturated rings. The molecular weight excluding hydrogens is 308 g/mol. The second-order valence-corrected chi connectivity index (χ2v) is 4.28. The molecule has 0 radical (unpaired) electrons. The molecule has 1 aromatic carbocycles. The number of ether oxygens (including phenoxy) is 2. The molecule has 0 aliphatic rings. The van der Waals surface area contributed by atoms with E-state index in [9.17, 15) is 27.2 Å². The van der Waals surface area contributed by atoms with Crippen LogP contribution in [0.1, 0.15) is 31.7 Å². The van der Waals surface area contributed by atoms with Gasteiger partial charge < -0.3 is 9.47 Å². The summed E-state index contributed by atoms with van der Waals surface area (Å²) in [5.41, 5.74) is -0.616. The van der Waals surface area contributed by atoms with E-state index in [1.54, 1.807) is 6.92 Å². The summed E-state index contributed by atoms with van der Waals surface area (Å²) in [6.07, 6.45) is 0.0238. The van der Waals surface area contributed by atoms with Crippen LogP contribution in [0.15, 0.2) is 6.07 Å². The van der Waals surface area contributed by atoms with E-state index >= 15 is 0 Å². The number of rotatable bonds is 7. The number of halogens is 4. The van der Waals surface area contributed by atoms with E-state index in [1.165, 1.54) is 0 Å². The molecule has 0 heterocycles. The molecule has 0 N–H and O–H groups in total. The first-order valence-corrected chi connectivity index (χ1v) is 6.49. The summed E-state index contributed by atoms with van der Waals surface area (Å²) in [6, 6.07) is 0.416. The van der Waals surface area contributed by atoms with E-state index in [-0.39, 0.29) is 25.9 Å². The quantitative estimate of drug-likeness (QED) is 0.335. The zero-order chi connectivity index (χ0) is 16.7. The van der Waals surface area contributed by atoms with Crippen molar-refractivity contribution in [3.05, 3.63) is 34.9 Å². The van der Waals surface area contributed by atoms with Crippen LogP contribution in [0.3, 0.4) is 0 Å². The van der Waals surface area contributed by atoms with Gasteiger partial charge in [0, 0.05) is 18.4 Å². The van der Waals surface area contributed by atoms with Gasteiger partial charge >= 0.3 is 11.9 Å². The van der Waals surface area contributed by atoms with Crippen LogP contribution in [0.2, 0.25) is 0 Å².